The molecule has 0 radical (unpaired) electrons. The maximum Gasteiger partial charge on any atom is 0.247 e. The SMILES string of the molecule is O=C(CCc1nnc(-c2ccc(Cl)cc2)o1)NCc1ccccc1. The van der Waals surface area contributed by atoms with Crippen molar-refractivity contribution in [1.82, 2.24) is 15.5 Å². The normalized spacial score (nSPS) is 10.5. The van der Waals surface area contributed by atoms with Crippen LogP contribution in [0, 0.1) is 0 Å². The molecule has 3 aromatic rings. The Bertz CT molecular complexity index is 801. The van der Waals surface area contributed by atoms with Crippen LogP contribution in [0.15, 0.2) is 59.0 Å². The van der Waals surface area contributed by atoms with Crippen LogP contribution in [-0.2, 0) is 17.8 Å². The number of aryl methyl sites for hydroxylation is 1. The maximum absolute atomic E-state index is 11.9. The van der Waals surface area contributed by atoms with Crippen LogP contribution in [-0.4, -0.2) is 16.1 Å². The van der Waals surface area contributed by atoms with E-state index in [1.807, 2.05) is 42.5 Å². The van der Waals surface area contributed by atoms with Gasteiger partial charge in [-0.3, -0.25) is 4.79 Å². The summed E-state index contributed by atoms with van der Waals surface area (Å²) in [5.74, 6) is 0.811. The molecule has 1 N–H and O–H groups in total. The number of hydrogen-bond donors (Lipinski definition) is 1. The van der Waals surface area contributed by atoms with Crippen LogP contribution in [0.5, 0.6) is 0 Å². The van der Waals surface area contributed by atoms with E-state index in [9.17, 15) is 4.79 Å². The number of aromatic nitrogens is 2. The van der Waals surface area contributed by atoms with Gasteiger partial charge >= 0.3 is 0 Å². The van der Waals surface area contributed by atoms with Gasteiger partial charge in [0, 0.05) is 30.0 Å². The number of carbonyl (C=O) groups excluding carboxylic acids is 1. The monoisotopic (exact) mass is 341 g/mol. The highest BCUT2D eigenvalue weighted by Gasteiger charge is 2.10. The molecule has 0 bridgehead atoms. The Morgan fingerprint density at radius 1 is 1.04 bits per heavy atom. The first kappa shape index (κ1) is 16.2. The third kappa shape index (κ3) is 4.43. The highest BCUT2D eigenvalue weighted by molar-refractivity contribution is 6.30. The molecule has 0 atom stereocenters. The molecule has 0 saturated carbocycles. The molecule has 0 aliphatic rings. The second kappa shape index (κ2) is 7.75. The molecule has 0 aliphatic carbocycles. The van der Waals surface area contributed by atoms with E-state index in [2.05, 4.69) is 15.5 Å². The molecule has 2 aromatic carbocycles. The first-order valence-electron chi connectivity index (χ1n) is 7.59. The van der Waals surface area contributed by atoms with E-state index in [0.29, 0.717) is 36.2 Å². The lowest BCUT2D eigenvalue weighted by Gasteiger charge is -2.03. The summed E-state index contributed by atoms with van der Waals surface area (Å²) in [7, 11) is 0. The zero-order chi connectivity index (χ0) is 16.8. The fourth-order valence-corrected chi connectivity index (χ4v) is 2.30. The molecule has 6 heteroatoms. The Kier molecular flexibility index (Phi) is 5.23. The number of hydrogen-bond acceptors (Lipinski definition) is 4. The zero-order valence-electron chi connectivity index (χ0n) is 12.9. The molecule has 24 heavy (non-hydrogen) atoms. The number of benzene rings is 2. The fraction of sp³-hybridized carbons (Fsp3) is 0.167. The van der Waals surface area contributed by atoms with Crippen molar-refractivity contribution in [1.29, 1.82) is 0 Å². The van der Waals surface area contributed by atoms with E-state index in [-0.39, 0.29) is 5.91 Å². The predicted molar refractivity (Wildman–Crippen MR) is 91.4 cm³/mol. The van der Waals surface area contributed by atoms with Crippen molar-refractivity contribution in [2.45, 2.75) is 19.4 Å². The van der Waals surface area contributed by atoms with Gasteiger partial charge in [0.25, 0.3) is 0 Å². The Morgan fingerprint density at radius 2 is 1.79 bits per heavy atom. The Hall–Kier alpha value is -2.66. The molecule has 0 fully saturated rings. The molecule has 3 rings (SSSR count). The van der Waals surface area contributed by atoms with Crippen molar-refractivity contribution < 1.29 is 9.21 Å². The number of amides is 1. The summed E-state index contributed by atoms with van der Waals surface area (Å²) in [6, 6.07) is 16.9. The van der Waals surface area contributed by atoms with Crippen LogP contribution in [0.4, 0.5) is 0 Å². The standard InChI is InChI=1S/C18H16ClN3O2/c19-15-8-6-14(7-9-15)18-22-21-17(24-18)11-10-16(23)20-12-13-4-2-1-3-5-13/h1-9H,10-12H2,(H,20,23). The van der Waals surface area contributed by atoms with Gasteiger partial charge in [-0.2, -0.15) is 0 Å². The quantitative estimate of drug-likeness (QED) is 0.743. The average molecular weight is 342 g/mol. The van der Waals surface area contributed by atoms with Crippen molar-refractivity contribution in [2.24, 2.45) is 0 Å². The fourth-order valence-electron chi connectivity index (χ4n) is 2.17. The lowest BCUT2D eigenvalue weighted by atomic mass is 10.2. The number of halogens is 1. The molecule has 0 unspecified atom stereocenters. The van der Waals surface area contributed by atoms with Crippen molar-refractivity contribution in [3.8, 4) is 11.5 Å². The summed E-state index contributed by atoms with van der Waals surface area (Å²) in [5, 5.41) is 11.5. The Morgan fingerprint density at radius 3 is 2.54 bits per heavy atom. The summed E-state index contributed by atoms with van der Waals surface area (Å²) in [4.78, 5) is 11.9. The van der Waals surface area contributed by atoms with Gasteiger partial charge in [0.15, 0.2) is 0 Å². The van der Waals surface area contributed by atoms with Crippen molar-refractivity contribution in [3.63, 3.8) is 0 Å². The minimum absolute atomic E-state index is 0.0508. The van der Waals surface area contributed by atoms with E-state index in [1.165, 1.54) is 0 Å². The summed E-state index contributed by atoms with van der Waals surface area (Å²) < 4.78 is 5.58. The van der Waals surface area contributed by atoms with Crippen molar-refractivity contribution in [2.75, 3.05) is 0 Å². The number of rotatable bonds is 6. The topological polar surface area (TPSA) is 68.0 Å². The van der Waals surface area contributed by atoms with Gasteiger partial charge in [0.1, 0.15) is 0 Å². The first-order chi connectivity index (χ1) is 11.7. The van der Waals surface area contributed by atoms with Crippen LogP contribution in [0.2, 0.25) is 5.02 Å². The summed E-state index contributed by atoms with van der Waals surface area (Å²) in [6.45, 7) is 0.513. The Labute approximate surface area is 144 Å². The van der Waals surface area contributed by atoms with Gasteiger partial charge in [-0.15, -0.1) is 10.2 Å². The largest absolute Gasteiger partial charge is 0.421 e. The minimum atomic E-state index is -0.0508. The van der Waals surface area contributed by atoms with Gasteiger partial charge < -0.3 is 9.73 Å². The molecule has 122 valence electrons. The number of nitrogens with zero attached hydrogens (tertiary/aromatic N) is 2. The van der Waals surface area contributed by atoms with Gasteiger partial charge in [-0.1, -0.05) is 41.9 Å². The third-order valence-electron chi connectivity index (χ3n) is 3.46. The lowest BCUT2D eigenvalue weighted by Crippen LogP contribution is -2.22. The molecular formula is C18H16ClN3O2. The van der Waals surface area contributed by atoms with E-state index >= 15 is 0 Å². The highest BCUT2D eigenvalue weighted by Crippen LogP contribution is 2.20. The summed E-state index contributed by atoms with van der Waals surface area (Å²) in [5.41, 5.74) is 1.86. The molecule has 0 spiro atoms. The van der Waals surface area contributed by atoms with Crippen molar-refractivity contribution >= 4 is 17.5 Å². The lowest BCUT2D eigenvalue weighted by molar-refractivity contribution is -0.121. The second-order valence-corrected chi connectivity index (χ2v) is 5.71. The summed E-state index contributed by atoms with van der Waals surface area (Å²) in [6.07, 6.45) is 0.705. The predicted octanol–water partition coefficient (Wildman–Crippen LogP) is 3.64. The van der Waals surface area contributed by atoms with Crippen LogP contribution in [0.25, 0.3) is 11.5 Å². The zero-order valence-corrected chi connectivity index (χ0v) is 13.7. The van der Waals surface area contributed by atoms with Crippen LogP contribution >= 0.6 is 11.6 Å². The summed E-state index contributed by atoms with van der Waals surface area (Å²) >= 11 is 5.85. The minimum Gasteiger partial charge on any atom is -0.421 e. The molecule has 0 aliphatic heterocycles. The maximum atomic E-state index is 11.9. The molecular weight excluding hydrogens is 326 g/mol. The molecule has 5 nitrogen and oxygen atoms in total. The average Bonchev–Trinajstić information content (AvgIpc) is 3.09. The van der Waals surface area contributed by atoms with Crippen molar-refractivity contribution in [3.05, 3.63) is 71.1 Å². The van der Waals surface area contributed by atoms with E-state index in [1.54, 1.807) is 12.1 Å². The Balaban J connectivity index is 1.50. The van der Waals surface area contributed by atoms with E-state index < -0.39 is 0 Å². The number of nitrogens with one attached hydrogen (secondary N) is 1. The van der Waals surface area contributed by atoms with Crippen LogP contribution in [0.3, 0.4) is 0 Å². The van der Waals surface area contributed by atoms with Crippen LogP contribution < -0.4 is 5.32 Å². The van der Waals surface area contributed by atoms with Crippen LogP contribution in [0.1, 0.15) is 17.9 Å². The smallest absolute Gasteiger partial charge is 0.247 e. The molecule has 1 heterocycles. The molecule has 0 saturated heterocycles. The second-order valence-electron chi connectivity index (χ2n) is 5.27. The van der Waals surface area contributed by atoms with Gasteiger partial charge in [-0.05, 0) is 29.8 Å². The van der Waals surface area contributed by atoms with E-state index in [0.717, 1.165) is 11.1 Å². The van der Waals surface area contributed by atoms with Gasteiger partial charge in [0.05, 0.1) is 0 Å². The van der Waals surface area contributed by atoms with Gasteiger partial charge in [-0.25, -0.2) is 0 Å². The number of carbonyl (C=O) groups is 1. The molecule has 1 aromatic heterocycles. The third-order valence-corrected chi connectivity index (χ3v) is 3.71. The first-order valence-corrected chi connectivity index (χ1v) is 7.97. The van der Waals surface area contributed by atoms with Gasteiger partial charge in [0.2, 0.25) is 17.7 Å². The molecule has 1 amide bonds. The highest BCUT2D eigenvalue weighted by atomic mass is 35.5. The van der Waals surface area contributed by atoms with E-state index in [4.69, 9.17) is 16.0 Å².